The Bertz CT molecular complexity index is 149. The SMILES string of the molecule is CN1CCCC(CNC(C)(C)C)C1. The number of piperidine rings is 1. The van der Waals surface area contributed by atoms with Crippen molar-refractivity contribution < 1.29 is 0 Å². The lowest BCUT2D eigenvalue weighted by molar-refractivity contribution is 0.197. The molecule has 0 aromatic rings. The second-order valence-corrected chi connectivity index (χ2v) is 5.40. The van der Waals surface area contributed by atoms with Gasteiger partial charge in [0, 0.05) is 12.1 Å². The van der Waals surface area contributed by atoms with E-state index in [-0.39, 0.29) is 5.54 Å². The van der Waals surface area contributed by atoms with Gasteiger partial charge in [0.15, 0.2) is 0 Å². The minimum absolute atomic E-state index is 0.274. The number of nitrogens with one attached hydrogen (secondary N) is 1. The average molecular weight is 184 g/mol. The molecule has 0 bridgehead atoms. The van der Waals surface area contributed by atoms with Crippen molar-refractivity contribution in [3.8, 4) is 0 Å². The van der Waals surface area contributed by atoms with Gasteiger partial charge in [-0.15, -0.1) is 0 Å². The number of hydrogen-bond donors (Lipinski definition) is 1. The monoisotopic (exact) mass is 184 g/mol. The van der Waals surface area contributed by atoms with Crippen molar-refractivity contribution in [2.24, 2.45) is 5.92 Å². The molecule has 2 nitrogen and oxygen atoms in total. The predicted molar refractivity (Wildman–Crippen MR) is 58.0 cm³/mol. The summed E-state index contributed by atoms with van der Waals surface area (Å²) < 4.78 is 0. The topological polar surface area (TPSA) is 15.3 Å². The summed E-state index contributed by atoms with van der Waals surface area (Å²) in [5, 5.41) is 3.59. The molecule has 78 valence electrons. The van der Waals surface area contributed by atoms with Crippen molar-refractivity contribution in [2.75, 3.05) is 26.7 Å². The molecule has 0 radical (unpaired) electrons. The van der Waals surface area contributed by atoms with Crippen molar-refractivity contribution >= 4 is 0 Å². The summed E-state index contributed by atoms with van der Waals surface area (Å²) in [6.45, 7) is 10.4. The third-order valence-corrected chi connectivity index (χ3v) is 2.64. The summed E-state index contributed by atoms with van der Waals surface area (Å²) in [6.07, 6.45) is 2.76. The van der Waals surface area contributed by atoms with Crippen LogP contribution in [0.5, 0.6) is 0 Å². The van der Waals surface area contributed by atoms with Gasteiger partial charge in [0.1, 0.15) is 0 Å². The molecule has 0 aromatic heterocycles. The molecule has 1 atom stereocenters. The first-order valence-corrected chi connectivity index (χ1v) is 5.41. The van der Waals surface area contributed by atoms with Gasteiger partial charge in [0.2, 0.25) is 0 Å². The van der Waals surface area contributed by atoms with Gasteiger partial charge in [-0.25, -0.2) is 0 Å². The molecule has 1 N–H and O–H groups in total. The molecule has 1 heterocycles. The lowest BCUT2D eigenvalue weighted by atomic mass is 9.97. The van der Waals surface area contributed by atoms with Crippen molar-refractivity contribution in [3.63, 3.8) is 0 Å². The van der Waals surface area contributed by atoms with E-state index < -0.39 is 0 Å². The van der Waals surface area contributed by atoms with Crippen LogP contribution < -0.4 is 5.32 Å². The van der Waals surface area contributed by atoms with Gasteiger partial charge in [0.05, 0.1) is 0 Å². The summed E-state index contributed by atoms with van der Waals surface area (Å²) in [5.41, 5.74) is 0.274. The van der Waals surface area contributed by atoms with Crippen molar-refractivity contribution in [1.82, 2.24) is 10.2 Å². The molecular formula is C11H24N2. The normalized spacial score (nSPS) is 26.3. The predicted octanol–water partition coefficient (Wildman–Crippen LogP) is 1.72. The molecule has 1 unspecified atom stereocenters. The van der Waals surface area contributed by atoms with Crippen LogP contribution in [0.4, 0.5) is 0 Å². The summed E-state index contributed by atoms with van der Waals surface area (Å²) in [5.74, 6) is 0.859. The van der Waals surface area contributed by atoms with E-state index in [1.54, 1.807) is 0 Å². The molecule has 1 aliphatic heterocycles. The highest BCUT2D eigenvalue weighted by Crippen LogP contribution is 2.14. The Morgan fingerprint density at radius 2 is 2.08 bits per heavy atom. The minimum atomic E-state index is 0.274. The molecule has 0 amide bonds. The van der Waals surface area contributed by atoms with E-state index >= 15 is 0 Å². The van der Waals surface area contributed by atoms with Gasteiger partial charge >= 0.3 is 0 Å². The third kappa shape index (κ3) is 4.63. The minimum Gasteiger partial charge on any atom is -0.312 e. The first-order valence-electron chi connectivity index (χ1n) is 5.41. The summed E-state index contributed by atoms with van der Waals surface area (Å²) in [4.78, 5) is 2.44. The van der Waals surface area contributed by atoms with Crippen LogP contribution in [-0.4, -0.2) is 37.1 Å². The van der Waals surface area contributed by atoms with Gasteiger partial charge in [-0.2, -0.15) is 0 Å². The molecule has 13 heavy (non-hydrogen) atoms. The highest BCUT2D eigenvalue weighted by atomic mass is 15.1. The zero-order chi connectivity index (χ0) is 9.90. The molecule has 0 spiro atoms. The fraction of sp³-hybridized carbons (Fsp3) is 1.00. The highest BCUT2D eigenvalue weighted by Gasteiger charge is 2.18. The van der Waals surface area contributed by atoms with E-state index in [1.165, 1.54) is 32.5 Å². The van der Waals surface area contributed by atoms with Crippen molar-refractivity contribution in [1.29, 1.82) is 0 Å². The van der Waals surface area contributed by atoms with Crippen LogP contribution in [0, 0.1) is 5.92 Å². The van der Waals surface area contributed by atoms with Gasteiger partial charge in [-0.3, -0.25) is 0 Å². The zero-order valence-electron chi connectivity index (χ0n) is 9.56. The van der Waals surface area contributed by atoms with E-state index in [9.17, 15) is 0 Å². The molecule has 1 aliphatic rings. The Labute approximate surface area is 82.7 Å². The Morgan fingerprint density at radius 1 is 1.38 bits per heavy atom. The maximum atomic E-state index is 3.59. The van der Waals surface area contributed by atoms with Crippen LogP contribution in [0.2, 0.25) is 0 Å². The number of hydrogen-bond acceptors (Lipinski definition) is 2. The molecule has 0 aliphatic carbocycles. The van der Waals surface area contributed by atoms with Crippen molar-refractivity contribution in [3.05, 3.63) is 0 Å². The Morgan fingerprint density at radius 3 is 2.62 bits per heavy atom. The highest BCUT2D eigenvalue weighted by molar-refractivity contribution is 4.77. The lowest BCUT2D eigenvalue weighted by Gasteiger charge is -2.32. The zero-order valence-corrected chi connectivity index (χ0v) is 9.56. The van der Waals surface area contributed by atoms with Crippen molar-refractivity contribution in [2.45, 2.75) is 39.2 Å². The standard InChI is InChI=1S/C11H24N2/c1-11(2,3)12-8-10-6-5-7-13(4)9-10/h10,12H,5-9H2,1-4H3. The number of likely N-dealkylation sites (tertiary alicyclic amines) is 1. The number of rotatable bonds is 2. The largest absolute Gasteiger partial charge is 0.312 e. The Balaban J connectivity index is 2.21. The second kappa shape index (κ2) is 4.43. The van der Waals surface area contributed by atoms with Crippen LogP contribution in [-0.2, 0) is 0 Å². The molecule has 1 fully saturated rings. The maximum absolute atomic E-state index is 3.59. The molecule has 0 aromatic carbocycles. The molecule has 2 heteroatoms. The second-order valence-electron chi connectivity index (χ2n) is 5.40. The smallest absolute Gasteiger partial charge is 0.00966 e. The fourth-order valence-corrected chi connectivity index (χ4v) is 1.89. The molecular weight excluding hydrogens is 160 g/mol. The Kier molecular flexibility index (Phi) is 3.74. The summed E-state index contributed by atoms with van der Waals surface area (Å²) in [7, 11) is 2.23. The van der Waals surface area contributed by atoms with E-state index in [0.717, 1.165) is 5.92 Å². The summed E-state index contributed by atoms with van der Waals surface area (Å²) in [6, 6.07) is 0. The van der Waals surface area contributed by atoms with Gasteiger partial charge < -0.3 is 10.2 Å². The Hall–Kier alpha value is -0.0800. The van der Waals surface area contributed by atoms with Gasteiger partial charge in [-0.1, -0.05) is 0 Å². The average Bonchev–Trinajstić information content (AvgIpc) is 2.00. The van der Waals surface area contributed by atoms with E-state index in [2.05, 4.69) is 38.0 Å². The maximum Gasteiger partial charge on any atom is 0.00966 e. The summed E-state index contributed by atoms with van der Waals surface area (Å²) >= 11 is 0. The fourth-order valence-electron chi connectivity index (χ4n) is 1.89. The van der Waals surface area contributed by atoms with Gasteiger partial charge in [-0.05, 0) is 59.7 Å². The number of nitrogens with zero attached hydrogens (tertiary/aromatic N) is 1. The van der Waals surface area contributed by atoms with E-state index in [4.69, 9.17) is 0 Å². The molecule has 1 rings (SSSR count). The van der Waals surface area contributed by atoms with Crippen LogP contribution in [0.25, 0.3) is 0 Å². The van der Waals surface area contributed by atoms with Crippen LogP contribution in [0.1, 0.15) is 33.6 Å². The third-order valence-electron chi connectivity index (χ3n) is 2.64. The molecule has 1 saturated heterocycles. The van der Waals surface area contributed by atoms with E-state index in [0.29, 0.717) is 0 Å². The lowest BCUT2D eigenvalue weighted by Crippen LogP contribution is -2.43. The quantitative estimate of drug-likeness (QED) is 0.703. The van der Waals surface area contributed by atoms with Crippen LogP contribution >= 0.6 is 0 Å². The molecule has 0 saturated carbocycles. The first kappa shape index (κ1) is 11.0. The van der Waals surface area contributed by atoms with E-state index in [1.807, 2.05) is 0 Å². The van der Waals surface area contributed by atoms with Gasteiger partial charge in [0.25, 0.3) is 0 Å². The first-order chi connectivity index (χ1) is 5.97. The van der Waals surface area contributed by atoms with Crippen LogP contribution in [0.3, 0.4) is 0 Å². The van der Waals surface area contributed by atoms with Crippen LogP contribution in [0.15, 0.2) is 0 Å².